The van der Waals surface area contributed by atoms with Gasteiger partial charge in [0.2, 0.25) is 0 Å². The second-order valence-electron chi connectivity index (χ2n) is 4.40. The van der Waals surface area contributed by atoms with Crippen molar-refractivity contribution in [3.05, 3.63) is 11.6 Å². The molecule has 2 atom stereocenters. The summed E-state index contributed by atoms with van der Waals surface area (Å²) in [6, 6.07) is 0. The van der Waals surface area contributed by atoms with Gasteiger partial charge in [-0.15, -0.1) is 0 Å². The molecule has 1 aliphatic rings. The Balaban J connectivity index is 2.61. The Labute approximate surface area is 78.4 Å². The van der Waals surface area contributed by atoms with E-state index in [1.54, 1.807) is 0 Å². The van der Waals surface area contributed by atoms with E-state index in [1.807, 2.05) is 27.7 Å². The van der Waals surface area contributed by atoms with E-state index in [0.717, 1.165) is 0 Å². The van der Waals surface area contributed by atoms with Gasteiger partial charge in [0.25, 0.3) is 0 Å². The molecule has 0 saturated heterocycles. The number of hydrogen-bond acceptors (Lipinski definition) is 2. The highest BCUT2D eigenvalue weighted by atomic mass is 16.7. The number of rotatable bonds is 2. The van der Waals surface area contributed by atoms with E-state index >= 15 is 0 Å². The minimum Gasteiger partial charge on any atom is -0.450 e. The van der Waals surface area contributed by atoms with Crippen LogP contribution >= 0.6 is 0 Å². The topological polar surface area (TPSA) is 46.5 Å². The number of carbonyl (C=O) groups is 1. The Bertz CT molecular complexity index is 249. The average Bonchev–Trinajstić information content (AvgIpc) is 2.36. The maximum absolute atomic E-state index is 10.3. The average molecular weight is 184 g/mol. The summed E-state index contributed by atoms with van der Waals surface area (Å²) in [5.41, 5.74) is 1.17. The molecule has 0 spiro atoms. The second kappa shape index (κ2) is 3.05. The van der Waals surface area contributed by atoms with Crippen molar-refractivity contribution < 1.29 is 14.6 Å². The Morgan fingerprint density at radius 3 is 2.38 bits per heavy atom. The van der Waals surface area contributed by atoms with E-state index in [9.17, 15) is 4.79 Å². The monoisotopic (exact) mass is 184 g/mol. The number of allylic oxidation sites excluding steroid dienone is 1. The lowest BCUT2D eigenvalue weighted by atomic mass is 10.1. The van der Waals surface area contributed by atoms with Gasteiger partial charge in [0.15, 0.2) is 0 Å². The standard InChI is InChI=1S/C10H16O3/c1-6(2)5-7-8(10(7,3)4)13-9(11)12/h5,7-8H,1-4H3,(H,11,12). The van der Waals surface area contributed by atoms with Crippen LogP contribution in [-0.4, -0.2) is 17.4 Å². The predicted octanol–water partition coefficient (Wildman–Crippen LogP) is 2.67. The van der Waals surface area contributed by atoms with Crippen molar-refractivity contribution in [2.24, 2.45) is 11.3 Å². The van der Waals surface area contributed by atoms with Gasteiger partial charge in [-0.1, -0.05) is 25.5 Å². The maximum Gasteiger partial charge on any atom is 0.506 e. The molecule has 0 aromatic rings. The van der Waals surface area contributed by atoms with Crippen LogP contribution in [0.2, 0.25) is 0 Å². The van der Waals surface area contributed by atoms with E-state index in [1.165, 1.54) is 5.57 Å². The molecule has 0 aromatic heterocycles. The molecule has 1 saturated carbocycles. The number of ether oxygens (including phenoxy) is 1. The van der Waals surface area contributed by atoms with Crippen LogP contribution in [0.4, 0.5) is 4.79 Å². The molecule has 0 amide bonds. The fraction of sp³-hybridized carbons (Fsp3) is 0.700. The van der Waals surface area contributed by atoms with Crippen LogP contribution in [-0.2, 0) is 4.74 Å². The molecule has 0 aromatic carbocycles. The van der Waals surface area contributed by atoms with Gasteiger partial charge in [0, 0.05) is 11.3 Å². The Morgan fingerprint density at radius 1 is 1.46 bits per heavy atom. The van der Waals surface area contributed by atoms with Crippen molar-refractivity contribution in [1.29, 1.82) is 0 Å². The van der Waals surface area contributed by atoms with Crippen molar-refractivity contribution in [2.75, 3.05) is 0 Å². The first-order valence-electron chi connectivity index (χ1n) is 4.40. The number of carboxylic acid groups (broad SMARTS) is 1. The molecule has 74 valence electrons. The first-order valence-corrected chi connectivity index (χ1v) is 4.40. The largest absolute Gasteiger partial charge is 0.506 e. The summed E-state index contributed by atoms with van der Waals surface area (Å²) in [6.07, 6.45) is 0.732. The van der Waals surface area contributed by atoms with Crippen molar-refractivity contribution in [3.63, 3.8) is 0 Å². The lowest BCUT2D eigenvalue weighted by Gasteiger charge is -1.99. The third-order valence-corrected chi connectivity index (χ3v) is 2.55. The summed E-state index contributed by atoms with van der Waals surface area (Å²) < 4.78 is 4.76. The molecule has 1 rings (SSSR count). The van der Waals surface area contributed by atoms with Crippen LogP contribution in [0.25, 0.3) is 0 Å². The Hall–Kier alpha value is -0.990. The summed E-state index contributed by atoms with van der Waals surface area (Å²) >= 11 is 0. The summed E-state index contributed by atoms with van der Waals surface area (Å²) in [6.45, 7) is 8.05. The fourth-order valence-electron chi connectivity index (χ4n) is 1.62. The third-order valence-electron chi connectivity index (χ3n) is 2.55. The molecule has 0 radical (unpaired) electrons. The quantitative estimate of drug-likeness (QED) is 0.530. The van der Waals surface area contributed by atoms with Crippen molar-refractivity contribution in [2.45, 2.75) is 33.8 Å². The smallest absolute Gasteiger partial charge is 0.450 e. The van der Waals surface area contributed by atoms with E-state index in [-0.39, 0.29) is 17.4 Å². The van der Waals surface area contributed by atoms with E-state index < -0.39 is 6.16 Å². The summed E-state index contributed by atoms with van der Waals surface area (Å²) in [5.74, 6) is 0.244. The third kappa shape index (κ3) is 2.02. The maximum atomic E-state index is 10.3. The van der Waals surface area contributed by atoms with Crippen molar-refractivity contribution in [3.8, 4) is 0 Å². The summed E-state index contributed by atoms with van der Waals surface area (Å²) in [4.78, 5) is 10.3. The first-order chi connectivity index (χ1) is 5.85. The molecule has 0 aliphatic heterocycles. The SMILES string of the molecule is CC(C)=CC1C(OC(=O)O)C1(C)C. The lowest BCUT2D eigenvalue weighted by Crippen LogP contribution is -2.07. The zero-order valence-corrected chi connectivity index (χ0v) is 8.50. The fourth-order valence-corrected chi connectivity index (χ4v) is 1.62. The van der Waals surface area contributed by atoms with Gasteiger partial charge in [-0.3, -0.25) is 0 Å². The molecule has 0 bridgehead atoms. The molecular weight excluding hydrogens is 168 g/mol. The summed E-state index contributed by atoms with van der Waals surface area (Å²) in [5, 5.41) is 8.47. The molecule has 2 unspecified atom stereocenters. The van der Waals surface area contributed by atoms with Crippen molar-refractivity contribution in [1.82, 2.24) is 0 Å². The predicted molar refractivity (Wildman–Crippen MR) is 49.6 cm³/mol. The lowest BCUT2D eigenvalue weighted by molar-refractivity contribution is 0.0732. The molecule has 1 N–H and O–H groups in total. The zero-order chi connectivity index (χ0) is 10.2. The van der Waals surface area contributed by atoms with E-state index in [2.05, 4.69) is 6.08 Å². The molecule has 1 fully saturated rings. The molecule has 0 heterocycles. The zero-order valence-electron chi connectivity index (χ0n) is 8.50. The second-order valence-corrected chi connectivity index (χ2v) is 4.40. The van der Waals surface area contributed by atoms with Crippen LogP contribution in [0.3, 0.4) is 0 Å². The van der Waals surface area contributed by atoms with Gasteiger partial charge in [0.1, 0.15) is 6.10 Å². The highest BCUT2D eigenvalue weighted by molar-refractivity contribution is 5.58. The van der Waals surface area contributed by atoms with Crippen LogP contribution < -0.4 is 0 Å². The van der Waals surface area contributed by atoms with Crippen LogP contribution in [0, 0.1) is 11.3 Å². The van der Waals surface area contributed by atoms with Crippen LogP contribution in [0.5, 0.6) is 0 Å². The Morgan fingerprint density at radius 2 is 2.00 bits per heavy atom. The molecular formula is C10H16O3. The van der Waals surface area contributed by atoms with Crippen LogP contribution in [0.1, 0.15) is 27.7 Å². The summed E-state index contributed by atoms with van der Waals surface area (Å²) in [7, 11) is 0. The van der Waals surface area contributed by atoms with Gasteiger partial charge < -0.3 is 9.84 Å². The van der Waals surface area contributed by atoms with Gasteiger partial charge in [-0.2, -0.15) is 0 Å². The minimum absolute atomic E-state index is 0.0321. The van der Waals surface area contributed by atoms with Gasteiger partial charge in [-0.25, -0.2) is 4.79 Å². The normalized spacial score (nSPS) is 29.2. The van der Waals surface area contributed by atoms with Gasteiger partial charge in [0.05, 0.1) is 0 Å². The molecule has 1 aliphatic carbocycles. The molecule has 3 heteroatoms. The molecule has 3 nitrogen and oxygen atoms in total. The van der Waals surface area contributed by atoms with Gasteiger partial charge >= 0.3 is 6.16 Å². The minimum atomic E-state index is -1.18. The highest BCUT2D eigenvalue weighted by Gasteiger charge is 2.59. The van der Waals surface area contributed by atoms with Crippen molar-refractivity contribution >= 4 is 6.16 Å². The first kappa shape index (κ1) is 10.1. The van der Waals surface area contributed by atoms with E-state index in [4.69, 9.17) is 9.84 Å². The van der Waals surface area contributed by atoms with Crippen LogP contribution in [0.15, 0.2) is 11.6 Å². The van der Waals surface area contributed by atoms with Gasteiger partial charge in [-0.05, 0) is 13.8 Å². The highest BCUT2D eigenvalue weighted by Crippen LogP contribution is 2.55. The Kier molecular flexibility index (Phi) is 2.37. The number of hydrogen-bond donors (Lipinski definition) is 1. The molecule has 13 heavy (non-hydrogen) atoms. The van der Waals surface area contributed by atoms with E-state index in [0.29, 0.717) is 0 Å².